The first-order valence-electron chi connectivity index (χ1n) is 5.06. The van der Waals surface area contributed by atoms with Crippen LogP contribution in [0.5, 0.6) is 5.19 Å². The zero-order valence-electron chi connectivity index (χ0n) is 8.46. The summed E-state index contributed by atoms with van der Waals surface area (Å²) < 4.78 is 5.43. The fraction of sp³-hybridized carbons (Fsp3) is 0.700. The molecule has 1 aromatic rings. The molecule has 0 aromatic carbocycles. The maximum absolute atomic E-state index is 5.66. The van der Waals surface area contributed by atoms with Crippen LogP contribution in [0.2, 0.25) is 5.15 Å². The van der Waals surface area contributed by atoms with E-state index in [4.69, 9.17) is 16.3 Å². The van der Waals surface area contributed by atoms with Gasteiger partial charge in [0.15, 0.2) is 0 Å². The highest BCUT2D eigenvalue weighted by atomic mass is 35.5. The minimum Gasteiger partial charge on any atom is -0.470 e. The fourth-order valence-electron chi connectivity index (χ4n) is 1.17. The molecule has 0 fully saturated rings. The second-order valence-electron chi connectivity index (χ2n) is 3.20. The smallest absolute Gasteiger partial charge is 0.274 e. The molecule has 0 aliphatic carbocycles. The zero-order chi connectivity index (χ0) is 10.2. The summed E-state index contributed by atoms with van der Waals surface area (Å²) in [6.07, 6.45) is 6.26. The number of halogens is 1. The van der Waals surface area contributed by atoms with Crippen LogP contribution >= 0.6 is 22.9 Å². The van der Waals surface area contributed by atoms with Crippen molar-refractivity contribution in [1.82, 2.24) is 4.98 Å². The van der Waals surface area contributed by atoms with E-state index in [1.807, 2.05) is 0 Å². The van der Waals surface area contributed by atoms with Crippen molar-refractivity contribution in [2.45, 2.75) is 39.0 Å². The van der Waals surface area contributed by atoms with E-state index in [1.54, 1.807) is 5.38 Å². The Morgan fingerprint density at radius 1 is 1.36 bits per heavy atom. The van der Waals surface area contributed by atoms with Gasteiger partial charge in [-0.15, -0.1) is 0 Å². The minimum absolute atomic E-state index is 0.524. The van der Waals surface area contributed by atoms with Gasteiger partial charge in [0, 0.05) is 5.38 Å². The van der Waals surface area contributed by atoms with Gasteiger partial charge in [-0.1, -0.05) is 55.5 Å². The third kappa shape index (κ3) is 4.82. The molecule has 0 N–H and O–H groups in total. The number of hydrogen-bond donors (Lipinski definition) is 0. The highest BCUT2D eigenvalue weighted by Crippen LogP contribution is 2.21. The number of rotatable bonds is 7. The number of unbranched alkanes of at least 4 members (excludes halogenated alkanes) is 4. The third-order valence-corrected chi connectivity index (χ3v) is 3.00. The van der Waals surface area contributed by atoms with E-state index < -0.39 is 0 Å². The molecular weight excluding hydrogens is 218 g/mol. The molecule has 0 unspecified atom stereocenters. The van der Waals surface area contributed by atoms with Gasteiger partial charge >= 0.3 is 0 Å². The molecule has 0 saturated heterocycles. The quantitative estimate of drug-likeness (QED) is 0.661. The van der Waals surface area contributed by atoms with Gasteiger partial charge in [-0.3, -0.25) is 0 Å². The second-order valence-corrected chi connectivity index (χ2v) is 4.41. The SMILES string of the molecule is CCCCCCCOc1nc(Cl)cs1. The molecule has 1 aromatic heterocycles. The first kappa shape index (κ1) is 11.8. The average molecular weight is 234 g/mol. The van der Waals surface area contributed by atoms with Crippen molar-refractivity contribution in [3.63, 3.8) is 0 Å². The summed E-state index contributed by atoms with van der Waals surface area (Å²) in [4.78, 5) is 4.01. The van der Waals surface area contributed by atoms with Gasteiger partial charge < -0.3 is 4.74 Å². The molecule has 0 aliphatic heterocycles. The lowest BCUT2D eigenvalue weighted by molar-refractivity contribution is 0.303. The van der Waals surface area contributed by atoms with Crippen molar-refractivity contribution in [3.05, 3.63) is 10.5 Å². The van der Waals surface area contributed by atoms with Crippen LogP contribution in [0.3, 0.4) is 0 Å². The van der Waals surface area contributed by atoms with E-state index in [-0.39, 0.29) is 0 Å². The van der Waals surface area contributed by atoms with Gasteiger partial charge in [0.05, 0.1) is 6.61 Å². The van der Waals surface area contributed by atoms with Crippen molar-refractivity contribution >= 4 is 22.9 Å². The van der Waals surface area contributed by atoms with Crippen molar-refractivity contribution in [2.75, 3.05) is 6.61 Å². The number of nitrogens with zero attached hydrogens (tertiary/aromatic N) is 1. The lowest BCUT2D eigenvalue weighted by Crippen LogP contribution is -1.96. The van der Waals surface area contributed by atoms with Crippen LogP contribution < -0.4 is 4.74 Å². The standard InChI is InChI=1S/C10H16ClNOS/c1-2-3-4-5-6-7-13-10-12-9(11)8-14-10/h8H,2-7H2,1H3. The van der Waals surface area contributed by atoms with E-state index in [9.17, 15) is 0 Å². The van der Waals surface area contributed by atoms with E-state index in [0.717, 1.165) is 13.0 Å². The van der Waals surface area contributed by atoms with Crippen molar-refractivity contribution in [3.8, 4) is 5.19 Å². The summed E-state index contributed by atoms with van der Waals surface area (Å²) in [5.41, 5.74) is 0. The predicted octanol–water partition coefficient (Wildman–Crippen LogP) is 4.15. The predicted molar refractivity (Wildman–Crippen MR) is 61.4 cm³/mol. The van der Waals surface area contributed by atoms with Gasteiger partial charge in [0.1, 0.15) is 5.15 Å². The molecule has 1 rings (SSSR count). The van der Waals surface area contributed by atoms with E-state index in [0.29, 0.717) is 10.3 Å². The topological polar surface area (TPSA) is 22.1 Å². The lowest BCUT2D eigenvalue weighted by Gasteiger charge is -2.01. The number of thiazole rings is 1. The number of ether oxygens (including phenoxy) is 1. The molecule has 2 nitrogen and oxygen atoms in total. The van der Waals surface area contributed by atoms with Crippen molar-refractivity contribution in [2.24, 2.45) is 0 Å². The number of aromatic nitrogens is 1. The molecule has 1 heterocycles. The molecule has 0 aliphatic rings. The van der Waals surface area contributed by atoms with Crippen LogP contribution in [0, 0.1) is 0 Å². The molecule has 0 bridgehead atoms. The van der Waals surface area contributed by atoms with Crippen molar-refractivity contribution in [1.29, 1.82) is 0 Å². The summed E-state index contributed by atoms with van der Waals surface area (Å²) in [6.45, 7) is 2.97. The van der Waals surface area contributed by atoms with Crippen molar-refractivity contribution < 1.29 is 4.74 Å². The molecule has 0 spiro atoms. The molecule has 80 valence electrons. The Morgan fingerprint density at radius 3 is 2.79 bits per heavy atom. The van der Waals surface area contributed by atoms with Gasteiger partial charge in [0.2, 0.25) is 0 Å². The van der Waals surface area contributed by atoms with Crippen LogP contribution in [0.4, 0.5) is 0 Å². The van der Waals surface area contributed by atoms with Gasteiger partial charge in [0.25, 0.3) is 5.19 Å². The largest absolute Gasteiger partial charge is 0.470 e. The molecule has 0 atom stereocenters. The molecule has 4 heteroatoms. The van der Waals surface area contributed by atoms with Crippen LogP contribution in [-0.2, 0) is 0 Å². The van der Waals surface area contributed by atoms with Crippen LogP contribution in [0.1, 0.15) is 39.0 Å². The van der Waals surface area contributed by atoms with E-state index >= 15 is 0 Å². The molecule has 14 heavy (non-hydrogen) atoms. The van der Waals surface area contributed by atoms with Gasteiger partial charge in [-0.2, -0.15) is 4.98 Å². The summed E-state index contributed by atoms with van der Waals surface area (Å²) in [5.74, 6) is 0. The third-order valence-electron chi connectivity index (χ3n) is 1.93. The molecule has 0 amide bonds. The zero-order valence-corrected chi connectivity index (χ0v) is 10.0. The normalized spacial score (nSPS) is 10.4. The van der Waals surface area contributed by atoms with Crippen LogP contribution in [-0.4, -0.2) is 11.6 Å². The molecule has 0 radical (unpaired) electrons. The highest BCUT2D eigenvalue weighted by molar-refractivity contribution is 7.11. The van der Waals surface area contributed by atoms with Crippen LogP contribution in [0.15, 0.2) is 5.38 Å². The summed E-state index contributed by atoms with van der Waals surface area (Å²) in [6, 6.07) is 0. The summed E-state index contributed by atoms with van der Waals surface area (Å²) >= 11 is 7.11. The van der Waals surface area contributed by atoms with Gasteiger partial charge in [-0.25, -0.2) is 0 Å². The van der Waals surface area contributed by atoms with E-state index in [2.05, 4.69) is 11.9 Å². The fourth-order valence-corrected chi connectivity index (χ4v) is 1.98. The van der Waals surface area contributed by atoms with Crippen LogP contribution in [0.25, 0.3) is 0 Å². The first-order valence-corrected chi connectivity index (χ1v) is 6.32. The first-order chi connectivity index (χ1) is 6.83. The molecule has 0 saturated carbocycles. The van der Waals surface area contributed by atoms with Gasteiger partial charge in [-0.05, 0) is 6.42 Å². The maximum Gasteiger partial charge on any atom is 0.274 e. The Hall–Kier alpha value is -0.280. The Balaban J connectivity index is 1.99. The Morgan fingerprint density at radius 2 is 2.14 bits per heavy atom. The Labute approximate surface area is 94.3 Å². The highest BCUT2D eigenvalue weighted by Gasteiger charge is 1.99. The summed E-state index contributed by atoms with van der Waals surface area (Å²) in [5, 5.41) is 3.00. The Kier molecular flexibility index (Phi) is 5.96. The second kappa shape index (κ2) is 7.07. The van der Waals surface area contributed by atoms with E-state index in [1.165, 1.54) is 37.0 Å². The Bertz CT molecular complexity index is 252. The lowest BCUT2D eigenvalue weighted by atomic mass is 10.2. The minimum atomic E-state index is 0.524. The maximum atomic E-state index is 5.66. The monoisotopic (exact) mass is 233 g/mol. The average Bonchev–Trinajstić information content (AvgIpc) is 2.58. The molecular formula is C10H16ClNOS. The summed E-state index contributed by atoms with van der Waals surface area (Å²) in [7, 11) is 0. The number of hydrogen-bond acceptors (Lipinski definition) is 3.